The predicted octanol–water partition coefficient (Wildman–Crippen LogP) is 5.75. The number of benzene rings is 2. The van der Waals surface area contributed by atoms with E-state index in [9.17, 15) is 14.4 Å². The molecule has 0 spiro atoms. The predicted molar refractivity (Wildman–Crippen MR) is 128 cm³/mol. The number of carbonyl (C=O) groups excluding carboxylic acids is 3. The van der Waals surface area contributed by atoms with Crippen molar-refractivity contribution < 1.29 is 14.4 Å². The molecule has 31 heavy (non-hydrogen) atoms. The molecule has 2 N–H and O–H groups in total. The van der Waals surface area contributed by atoms with Gasteiger partial charge in [0.05, 0.1) is 15.5 Å². The van der Waals surface area contributed by atoms with Crippen LogP contribution in [0.1, 0.15) is 50.4 Å². The van der Waals surface area contributed by atoms with Gasteiger partial charge in [0.1, 0.15) is 0 Å². The van der Waals surface area contributed by atoms with Gasteiger partial charge in [-0.2, -0.15) is 0 Å². The monoisotopic (exact) mass is 455 g/mol. The summed E-state index contributed by atoms with van der Waals surface area (Å²) in [4.78, 5) is 40.6. The SMILES string of the molecule is CCCC(=O)Nc1ccc2nc(SC(CC)C(=O)Nc3ccc(C(C)=O)cc3)sc2c1. The summed E-state index contributed by atoms with van der Waals surface area (Å²) in [5, 5.41) is 5.52. The first-order valence-corrected chi connectivity index (χ1v) is 11.9. The molecule has 2 amide bonds. The highest BCUT2D eigenvalue weighted by Crippen LogP contribution is 2.34. The number of ketones is 1. The lowest BCUT2D eigenvalue weighted by atomic mass is 10.1. The molecule has 1 unspecified atom stereocenters. The van der Waals surface area contributed by atoms with Crippen LogP contribution in [-0.2, 0) is 9.59 Å². The van der Waals surface area contributed by atoms with Crippen molar-refractivity contribution in [1.82, 2.24) is 4.98 Å². The molecule has 1 aromatic heterocycles. The van der Waals surface area contributed by atoms with Crippen LogP contribution in [0, 0.1) is 0 Å². The number of Topliss-reactive ketones (excluding diaryl/α,β-unsaturated/α-hetero) is 1. The molecule has 0 aliphatic carbocycles. The fourth-order valence-corrected chi connectivity index (χ4v) is 5.21. The van der Waals surface area contributed by atoms with E-state index in [-0.39, 0.29) is 22.8 Å². The Morgan fingerprint density at radius 2 is 1.74 bits per heavy atom. The Kier molecular flexibility index (Phi) is 7.81. The van der Waals surface area contributed by atoms with Gasteiger partial charge in [0.2, 0.25) is 11.8 Å². The van der Waals surface area contributed by atoms with E-state index in [1.165, 1.54) is 30.0 Å². The number of rotatable bonds is 9. The van der Waals surface area contributed by atoms with Crippen LogP contribution < -0.4 is 10.6 Å². The van der Waals surface area contributed by atoms with E-state index in [0.29, 0.717) is 24.1 Å². The van der Waals surface area contributed by atoms with Gasteiger partial charge in [-0.05, 0) is 62.2 Å². The van der Waals surface area contributed by atoms with Gasteiger partial charge in [-0.1, -0.05) is 25.6 Å². The third-order valence-corrected chi connectivity index (χ3v) is 7.07. The minimum absolute atomic E-state index is 0.0000161. The average molecular weight is 456 g/mol. The number of anilines is 2. The third kappa shape index (κ3) is 6.15. The number of aromatic nitrogens is 1. The largest absolute Gasteiger partial charge is 0.326 e. The van der Waals surface area contributed by atoms with Gasteiger partial charge in [0, 0.05) is 23.4 Å². The van der Waals surface area contributed by atoms with Crippen LogP contribution in [0.5, 0.6) is 0 Å². The van der Waals surface area contributed by atoms with Gasteiger partial charge in [0.15, 0.2) is 10.1 Å². The van der Waals surface area contributed by atoms with E-state index in [2.05, 4.69) is 15.6 Å². The molecular weight excluding hydrogens is 430 g/mol. The van der Waals surface area contributed by atoms with E-state index in [0.717, 1.165) is 26.7 Å². The van der Waals surface area contributed by atoms with Crippen molar-refractivity contribution in [2.45, 2.75) is 49.6 Å². The lowest BCUT2D eigenvalue weighted by Crippen LogP contribution is -2.24. The van der Waals surface area contributed by atoms with Crippen LogP contribution in [0.4, 0.5) is 11.4 Å². The van der Waals surface area contributed by atoms with Gasteiger partial charge in [-0.3, -0.25) is 14.4 Å². The molecule has 2 aromatic carbocycles. The topological polar surface area (TPSA) is 88.2 Å². The number of carbonyl (C=O) groups is 3. The number of nitrogens with one attached hydrogen (secondary N) is 2. The number of thiazole rings is 1. The molecule has 162 valence electrons. The fourth-order valence-electron chi connectivity index (χ4n) is 2.94. The second kappa shape index (κ2) is 10.5. The summed E-state index contributed by atoms with van der Waals surface area (Å²) in [6.07, 6.45) is 1.94. The molecule has 0 fully saturated rings. The first-order chi connectivity index (χ1) is 14.9. The molecule has 0 saturated carbocycles. The molecule has 0 bridgehead atoms. The Morgan fingerprint density at radius 1 is 1.03 bits per heavy atom. The number of hydrogen-bond donors (Lipinski definition) is 2. The van der Waals surface area contributed by atoms with Gasteiger partial charge in [0.25, 0.3) is 0 Å². The molecule has 0 saturated heterocycles. The molecular formula is C23H25N3O3S2. The number of amides is 2. The Hall–Kier alpha value is -2.71. The summed E-state index contributed by atoms with van der Waals surface area (Å²) in [6, 6.07) is 12.5. The number of fused-ring (bicyclic) bond motifs is 1. The highest BCUT2D eigenvalue weighted by molar-refractivity contribution is 8.02. The van der Waals surface area contributed by atoms with Crippen molar-refractivity contribution in [3.8, 4) is 0 Å². The lowest BCUT2D eigenvalue weighted by molar-refractivity contribution is -0.116. The minimum atomic E-state index is -0.295. The van der Waals surface area contributed by atoms with E-state index in [1.807, 2.05) is 32.0 Å². The Bertz CT molecular complexity index is 1090. The number of thioether (sulfide) groups is 1. The van der Waals surface area contributed by atoms with Crippen molar-refractivity contribution in [3.63, 3.8) is 0 Å². The normalized spacial score (nSPS) is 11.8. The molecule has 6 nitrogen and oxygen atoms in total. The van der Waals surface area contributed by atoms with E-state index in [4.69, 9.17) is 0 Å². The van der Waals surface area contributed by atoms with Crippen LogP contribution in [0.25, 0.3) is 10.2 Å². The highest BCUT2D eigenvalue weighted by Gasteiger charge is 2.20. The molecule has 8 heteroatoms. The van der Waals surface area contributed by atoms with Crippen LogP contribution in [0.2, 0.25) is 0 Å². The van der Waals surface area contributed by atoms with Gasteiger partial charge < -0.3 is 10.6 Å². The molecule has 3 rings (SSSR count). The summed E-state index contributed by atoms with van der Waals surface area (Å²) in [5.74, 6) is -0.112. The summed E-state index contributed by atoms with van der Waals surface area (Å²) >= 11 is 2.94. The Balaban J connectivity index is 1.68. The van der Waals surface area contributed by atoms with Crippen LogP contribution in [-0.4, -0.2) is 27.8 Å². The van der Waals surface area contributed by atoms with Crippen molar-refractivity contribution in [2.75, 3.05) is 10.6 Å². The first-order valence-electron chi connectivity index (χ1n) is 10.2. The average Bonchev–Trinajstić information content (AvgIpc) is 3.14. The molecule has 1 atom stereocenters. The highest BCUT2D eigenvalue weighted by atomic mass is 32.2. The zero-order valence-corrected chi connectivity index (χ0v) is 19.4. The van der Waals surface area contributed by atoms with Gasteiger partial charge >= 0.3 is 0 Å². The first kappa shape index (κ1) is 23.0. The maximum absolute atomic E-state index is 12.7. The quantitative estimate of drug-likeness (QED) is 0.317. The molecule has 3 aromatic rings. The lowest BCUT2D eigenvalue weighted by Gasteiger charge is -2.13. The summed E-state index contributed by atoms with van der Waals surface area (Å²) in [7, 11) is 0. The summed E-state index contributed by atoms with van der Waals surface area (Å²) < 4.78 is 1.77. The Labute approximate surface area is 189 Å². The van der Waals surface area contributed by atoms with E-state index < -0.39 is 0 Å². The molecule has 0 aliphatic rings. The van der Waals surface area contributed by atoms with E-state index >= 15 is 0 Å². The maximum atomic E-state index is 12.7. The smallest absolute Gasteiger partial charge is 0.237 e. The Morgan fingerprint density at radius 3 is 2.39 bits per heavy atom. The van der Waals surface area contributed by atoms with Crippen LogP contribution in [0.3, 0.4) is 0 Å². The summed E-state index contributed by atoms with van der Waals surface area (Å²) in [6.45, 7) is 5.44. The van der Waals surface area contributed by atoms with Crippen LogP contribution >= 0.6 is 23.1 Å². The molecule has 0 radical (unpaired) electrons. The molecule has 1 heterocycles. The minimum Gasteiger partial charge on any atom is -0.326 e. The zero-order chi connectivity index (χ0) is 22.4. The third-order valence-electron chi connectivity index (χ3n) is 4.59. The maximum Gasteiger partial charge on any atom is 0.237 e. The van der Waals surface area contributed by atoms with E-state index in [1.54, 1.807) is 24.3 Å². The van der Waals surface area contributed by atoms with Gasteiger partial charge in [-0.25, -0.2) is 4.98 Å². The number of hydrogen-bond acceptors (Lipinski definition) is 6. The zero-order valence-electron chi connectivity index (χ0n) is 17.7. The van der Waals surface area contributed by atoms with Gasteiger partial charge in [-0.15, -0.1) is 11.3 Å². The standard InChI is InChI=1S/C23H25N3O3S2/c1-4-6-21(28)24-17-11-12-18-20(13-17)31-23(26-18)30-19(5-2)22(29)25-16-9-7-15(8-10-16)14(3)27/h7-13,19H,4-6H2,1-3H3,(H,24,28)(H,25,29). The second-order valence-corrected chi connectivity index (χ2v) is 9.58. The van der Waals surface area contributed by atoms with Crippen molar-refractivity contribution in [2.24, 2.45) is 0 Å². The number of nitrogens with zero attached hydrogens (tertiary/aromatic N) is 1. The van der Waals surface area contributed by atoms with Crippen LogP contribution in [0.15, 0.2) is 46.8 Å². The summed E-state index contributed by atoms with van der Waals surface area (Å²) in [5.41, 5.74) is 2.87. The van der Waals surface area contributed by atoms with Crippen molar-refractivity contribution in [3.05, 3.63) is 48.0 Å². The molecule has 0 aliphatic heterocycles. The second-order valence-electron chi connectivity index (χ2n) is 7.10. The van der Waals surface area contributed by atoms with Crippen molar-refractivity contribution in [1.29, 1.82) is 0 Å². The fraction of sp³-hybridized carbons (Fsp3) is 0.304. The van der Waals surface area contributed by atoms with Crippen molar-refractivity contribution >= 4 is 62.3 Å².